The summed E-state index contributed by atoms with van der Waals surface area (Å²) < 4.78 is 5.44. The molecule has 1 aromatic carbocycles. The van der Waals surface area contributed by atoms with E-state index in [1.165, 1.54) is 13.0 Å². The lowest BCUT2D eigenvalue weighted by molar-refractivity contribution is -0.386. The maximum Gasteiger partial charge on any atom is 0.311 e. The quantitative estimate of drug-likeness (QED) is 0.442. The Kier molecular flexibility index (Phi) is 4.83. The summed E-state index contributed by atoms with van der Waals surface area (Å²) in [6.45, 7) is 5.41. The van der Waals surface area contributed by atoms with Gasteiger partial charge in [0.05, 0.1) is 11.5 Å². The molecule has 0 saturated carbocycles. The molecular weight excluding hydrogens is 234 g/mol. The van der Waals surface area contributed by atoms with E-state index >= 15 is 0 Å². The van der Waals surface area contributed by atoms with Gasteiger partial charge in [0.15, 0.2) is 5.75 Å². The van der Waals surface area contributed by atoms with Gasteiger partial charge < -0.3 is 9.53 Å². The zero-order valence-electron chi connectivity index (χ0n) is 10.9. The smallest absolute Gasteiger partial charge is 0.311 e. The van der Waals surface area contributed by atoms with Gasteiger partial charge in [-0.2, -0.15) is 0 Å². The lowest BCUT2D eigenvalue weighted by atomic mass is 10.1. The Morgan fingerprint density at radius 1 is 1.39 bits per heavy atom. The molecule has 0 radical (unpaired) electrons. The van der Waals surface area contributed by atoms with Crippen molar-refractivity contribution in [2.45, 2.75) is 33.6 Å². The molecule has 0 N–H and O–H groups in total. The summed E-state index contributed by atoms with van der Waals surface area (Å²) >= 11 is 0. The zero-order chi connectivity index (χ0) is 13.7. The van der Waals surface area contributed by atoms with Crippen molar-refractivity contribution in [2.75, 3.05) is 6.61 Å². The molecule has 0 aliphatic carbocycles. The SMILES string of the molecule is CC(=O)CCCOc1c(C)cc(C)cc1[N+](=O)[O-]. The fourth-order valence-corrected chi connectivity index (χ4v) is 1.75. The number of benzene rings is 1. The van der Waals surface area contributed by atoms with Gasteiger partial charge in [0.25, 0.3) is 0 Å². The molecule has 0 aliphatic rings. The normalized spacial score (nSPS) is 10.2. The molecule has 0 atom stereocenters. The van der Waals surface area contributed by atoms with Gasteiger partial charge in [0.2, 0.25) is 0 Å². The minimum absolute atomic E-state index is 0.0182. The van der Waals surface area contributed by atoms with Crippen LogP contribution in [0.25, 0.3) is 0 Å². The lowest BCUT2D eigenvalue weighted by Gasteiger charge is -2.10. The molecule has 0 amide bonds. The van der Waals surface area contributed by atoms with Crippen LogP contribution < -0.4 is 4.74 Å². The number of nitro benzene ring substituents is 1. The van der Waals surface area contributed by atoms with Gasteiger partial charge in [-0.05, 0) is 38.3 Å². The number of ketones is 1. The van der Waals surface area contributed by atoms with Crippen LogP contribution in [0.15, 0.2) is 12.1 Å². The molecule has 0 spiro atoms. The molecule has 18 heavy (non-hydrogen) atoms. The molecule has 98 valence electrons. The first kappa shape index (κ1) is 14.2. The van der Waals surface area contributed by atoms with Crippen LogP contribution >= 0.6 is 0 Å². The Labute approximate surface area is 106 Å². The van der Waals surface area contributed by atoms with Crippen molar-refractivity contribution in [3.8, 4) is 5.75 Å². The van der Waals surface area contributed by atoms with E-state index in [0.29, 0.717) is 25.2 Å². The van der Waals surface area contributed by atoms with E-state index in [1.807, 2.05) is 6.07 Å². The monoisotopic (exact) mass is 251 g/mol. The van der Waals surface area contributed by atoms with Crippen LogP contribution in [-0.2, 0) is 4.79 Å². The topological polar surface area (TPSA) is 69.4 Å². The summed E-state index contributed by atoms with van der Waals surface area (Å²) in [6, 6.07) is 3.33. The first-order valence-corrected chi connectivity index (χ1v) is 5.79. The third-order valence-corrected chi connectivity index (χ3v) is 2.52. The third kappa shape index (κ3) is 3.84. The van der Waals surface area contributed by atoms with E-state index in [2.05, 4.69) is 0 Å². The Morgan fingerprint density at radius 3 is 2.61 bits per heavy atom. The van der Waals surface area contributed by atoms with E-state index < -0.39 is 4.92 Å². The van der Waals surface area contributed by atoms with Crippen LogP contribution in [0, 0.1) is 24.0 Å². The number of carbonyl (C=O) groups excluding carboxylic acids is 1. The minimum Gasteiger partial charge on any atom is -0.487 e. The van der Waals surface area contributed by atoms with Crippen molar-refractivity contribution >= 4 is 11.5 Å². The fraction of sp³-hybridized carbons (Fsp3) is 0.462. The maximum absolute atomic E-state index is 10.9. The van der Waals surface area contributed by atoms with Crippen LogP contribution in [0.2, 0.25) is 0 Å². The number of ether oxygens (including phenoxy) is 1. The first-order valence-electron chi connectivity index (χ1n) is 5.79. The number of Topliss-reactive ketones (excluding diaryl/α,β-unsaturated/α-hetero) is 1. The average Bonchev–Trinajstić information content (AvgIpc) is 2.25. The summed E-state index contributed by atoms with van der Waals surface area (Å²) in [6.07, 6.45) is 0.999. The van der Waals surface area contributed by atoms with Gasteiger partial charge in [0.1, 0.15) is 5.78 Å². The Morgan fingerprint density at radius 2 is 2.06 bits per heavy atom. The average molecular weight is 251 g/mol. The molecule has 0 fully saturated rings. The predicted octanol–water partition coefficient (Wildman–Crippen LogP) is 2.96. The molecule has 0 aliphatic heterocycles. The highest BCUT2D eigenvalue weighted by Gasteiger charge is 2.18. The zero-order valence-corrected chi connectivity index (χ0v) is 10.9. The van der Waals surface area contributed by atoms with Gasteiger partial charge >= 0.3 is 5.69 Å². The standard InChI is InChI=1S/C13H17NO4/c1-9-7-10(2)13(12(8-9)14(16)17)18-6-4-5-11(3)15/h7-8H,4-6H2,1-3H3. The second-order valence-electron chi connectivity index (χ2n) is 4.34. The van der Waals surface area contributed by atoms with E-state index in [1.54, 1.807) is 13.8 Å². The summed E-state index contributed by atoms with van der Waals surface area (Å²) in [7, 11) is 0. The number of hydrogen-bond acceptors (Lipinski definition) is 4. The third-order valence-electron chi connectivity index (χ3n) is 2.52. The molecule has 0 unspecified atom stereocenters. The lowest BCUT2D eigenvalue weighted by Crippen LogP contribution is -2.04. The van der Waals surface area contributed by atoms with Gasteiger partial charge in [0, 0.05) is 12.5 Å². The summed E-state index contributed by atoms with van der Waals surface area (Å²) in [5.41, 5.74) is 1.55. The van der Waals surface area contributed by atoms with Gasteiger partial charge in [-0.25, -0.2) is 0 Å². The largest absolute Gasteiger partial charge is 0.487 e. The van der Waals surface area contributed by atoms with E-state index in [0.717, 1.165) is 11.1 Å². The van der Waals surface area contributed by atoms with E-state index in [9.17, 15) is 14.9 Å². The molecule has 0 heterocycles. The van der Waals surface area contributed by atoms with Crippen molar-refractivity contribution in [1.29, 1.82) is 0 Å². The highest BCUT2D eigenvalue weighted by molar-refractivity contribution is 5.75. The molecule has 0 aromatic heterocycles. The molecule has 5 heteroatoms. The van der Waals surface area contributed by atoms with Crippen LogP contribution in [0.5, 0.6) is 5.75 Å². The predicted molar refractivity (Wildman–Crippen MR) is 68.0 cm³/mol. The van der Waals surface area contributed by atoms with Gasteiger partial charge in [-0.3, -0.25) is 10.1 Å². The highest BCUT2D eigenvalue weighted by Crippen LogP contribution is 2.32. The molecule has 5 nitrogen and oxygen atoms in total. The Hall–Kier alpha value is -1.91. The Bertz CT molecular complexity index is 468. The minimum atomic E-state index is -0.444. The number of aryl methyl sites for hydroxylation is 2. The number of rotatable bonds is 6. The van der Waals surface area contributed by atoms with Gasteiger partial charge in [-0.15, -0.1) is 0 Å². The molecule has 1 aromatic rings. The van der Waals surface area contributed by atoms with Crippen molar-refractivity contribution in [2.24, 2.45) is 0 Å². The second-order valence-corrected chi connectivity index (χ2v) is 4.34. The van der Waals surface area contributed by atoms with Crippen LogP contribution in [0.1, 0.15) is 30.9 Å². The number of nitro groups is 1. The van der Waals surface area contributed by atoms with Crippen molar-refractivity contribution in [1.82, 2.24) is 0 Å². The molecule has 0 bridgehead atoms. The first-order chi connectivity index (χ1) is 8.41. The molecular formula is C13H17NO4. The van der Waals surface area contributed by atoms with E-state index in [-0.39, 0.29) is 11.5 Å². The highest BCUT2D eigenvalue weighted by atomic mass is 16.6. The number of hydrogen-bond donors (Lipinski definition) is 0. The second kappa shape index (κ2) is 6.14. The molecule has 0 saturated heterocycles. The van der Waals surface area contributed by atoms with Crippen molar-refractivity contribution in [3.63, 3.8) is 0 Å². The van der Waals surface area contributed by atoms with E-state index in [4.69, 9.17) is 4.74 Å². The summed E-state index contributed by atoms with van der Waals surface area (Å²) in [5, 5.41) is 10.9. The van der Waals surface area contributed by atoms with Crippen LogP contribution in [0.3, 0.4) is 0 Å². The van der Waals surface area contributed by atoms with Crippen LogP contribution in [0.4, 0.5) is 5.69 Å². The van der Waals surface area contributed by atoms with Crippen LogP contribution in [-0.4, -0.2) is 17.3 Å². The number of nitrogens with zero attached hydrogens (tertiary/aromatic N) is 1. The summed E-state index contributed by atoms with van der Waals surface area (Å²) in [4.78, 5) is 21.3. The molecule has 1 rings (SSSR count). The fourth-order valence-electron chi connectivity index (χ4n) is 1.75. The Balaban J connectivity index is 2.80. The van der Waals surface area contributed by atoms with Crippen molar-refractivity contribution in [3.05, 3.63) is 33.4 Å². The van der Waals surface area contributed by atoms with Gasteiger partial charge in [-0.1, -0.05) is 6.07 Å². The summed E-state index contributed by atoms with van der Waals surface area (Å²) in [5.74, 6) is 0.392. The maximum atomic E-state index is 10.9. The van der Waals surface area contributed by atoms with Crippen molar-refractivity contribution < 1.29 is 14.5 Å². The number of carbonyl (C=O) groups is 1.